The maximum atomic E-state index is 10.5. The van der Waals surface area contributed by atoms with E-state index in [2.05, 4.69) is 12.2 Å². The summed E-state index contributed by atoms with van der Waals surface area (Å²) in [5.74, 6) is 0.303. The van der Waals surface area contributed by atoms with Crippen molar-refractivity contribution >= 4 is 5.97 Å². The summed E-state index contributed by atoms with van der Waals surface area (Å²) in [6.45, 7) is 4.14. The monoisotopic (exact) mass is 171 g/mol. The molecule has 1 rings (SSSR count). The second kappa shape index (κ2) is 4.45. The molecule has 0 amide bonds. The van der Waals surface area contributed by atoms with Gasteiger partial charge in [-0.1, -0.05) is 13.3 Å². The predicted molar refractivity (Wildman–Crippen MR) is 47.0 cm³/mol. The molecular formula is C9H17NO2. The van der Waals surface area contributed by atoms with Crippen molar-refractivity contribution in [2.75, 3.05) is 13.1 Å². The van der Waals surface area contributed by atoms with Gasteiger partial charge >= 0.3 is 5.97 Å². The minimum absolute atomic E-state index is 0.336. The van der Waals surface area contributed by atoms with Crippen molar-refractivity contribution in [3.63, 3.8) is 0 Å². The second-order valence-corrected chi connectivity index (χ2v) is 3.52. The number of nitrogens with one attached hydrogen (secondary N) is 1. The number of aliphatic carboxylic acids is 1. The van der Waals surface area contributed by atoms with Crippen molar-refractivity contribution in [2.24, 2.45) is 11.8 Å². The van der Waals surface area contributed by atoms with Gasteiger partial charge in [0, 0.05) is 6.42 Å². The van der Waals surface area contributed by atoms with E-state index in [9.17, 15) is 4.79 Å². The van der Waals surface area contributed by atoms with Crippen LogP contribution < -0.4 is 5.32 Å². The lowest BCUT2D eigenvalue weighted by Gasteiger charge is -2.18. The molecule has 3 heteroatoms. The van der Waals surface area contributed by atoms with Gasteiger partial charge in [0.1, 0.15) is 0 Å². The number of hydrogen-bond acceptors (Lipinski definition) is 2. The third kappa shape index (κ3) is 2.48. The van der Waals surface area contributed by atoms with E-state index in [0.29, 0.717) is 18.3 Å². The molecule has 0 spiro atoms. The van der Waals surface area contributed by atoms with Gasteiger partial charge in [-0.15, -0.1) is 0 Å². The minimum atomic E-state index is -0.659. The highest BCUT2D eigenvalue weighted by atomic mass is 16.4. The lowest BCUT2D eigenvalue weighted by atomic mass is 9.87. The first kappa shape index (κ1) is 9.52. The van der Waals surface area contributed by atoms with Crippen LogP contribution >= 0.6 is 0 Å². The summed E-state index contributed by atoms with van der Waals surface area (Å²) in [5.41, 5.74) is 0. The van der Waals surface area contributed by atoms with Gasteiger partial charge in [0.05, 0.1) is 0 Å². The largest absolute Gasteiger partial charge is 0.481 e. The van der Waals surface area contributed by atoms with E-state index in [1.807, 2.05) is 0 Å². The molecule has 1 aliphatic heterocycles. The third-order valence-electron chi connectivity index (χ3n) is 2.73. The summed E-state index contributed by atoms with van der Waals surface area (Å²) in [6.07, 6.45) is 2.47. The topological polar surface area (TPSA) is 49.3 Å². The lowest BCUT2D eigenvalue weighted by Crippen LogP contribution is -2.20. The highest BCUT2D eigenvalue weighted by Crippen LogP contribution is 2.24. The summed E-state index contributed by atoms with van der Waals surface area (Å²) >= 11 is 0. The van der Waals surface area contributed by atoms with E-state index >= 15 is 0 Å². The van der Waals surface area contributed by atoms with Gasteiger partial charge in [0.2, 0.25) is 0 Å². The molecule has 0 radical (unpaired) electrons. The van der Waals surface area contributed by atoms with Crippen molar-refractivity contribution in [1.82, 2.24) is 5.32 Å². The van der Waals surface area contributed by atoms with Crippen molar-refractivity contribution in [3.05, 3.63) is 0 Å². The van der Waals surface area contributed by atoms with Gasteiger partial charge in [-0.3, -0.25) is 4.79 Å². The zero-order valence-electron chi connectivity index (χ0n) is 7.55. The Morgan fingerprint density at radius 3 is 2.92 bits per heavy atom. The first-order valence-corrected chi connectivity index (χ1v) is 4.66. The second-order valence-electron chi connectivity index (χ2n) is 3.52. The Kier molecular flexibility index (Phi) is 3.53. The van der Waals surface area contributed by atoms with Crippen LogP contribution in [0.3, 0.4) is 0 Å². The summed E-state index contributed by atoms with van der Waals surface area (Å²) in [4.78, 5) is 10.5. The SMILES string of the molecule is CCC(CC(=O)O)C1CCNC1. The van der Waals surface area contributed by atoms with Crippen LogP contribution in [-0.2, 0) is 4.79 Å². The molecule has 0 aliphatic carbocycles. The molecule has 1 saturated heterocycles. The van der Waals surface area contributed by atoms with E-state index < -0.39 is 5.97 Å². The smallest absolute Gasteiger partial charge is 0.303 e. The summed E-state index contributed by atoms with van der Waals surface area (Å²) in [6, 6.07) is 0. The van der Waals surface area contributed by atoms with Crippen LogP contribution in [0, 0.1) is 11.8 Å². The molecule has 0 saturated carbocycles. The molecule has 0 bridgehead atoms. The third-order valence-corrected chi connectivity index (χ3v) is 2.73. The maximum absolute atomic E-state index is 10.5. The molecule has 0 aromatic heterocycles. The van der Waals surface area contributed by atoms with Crippen LogP contribution in [-0.4, -0.2) is 24.2 Å². The Bertz CT molecular complexity index is 153. The molecule has 2 atom stereocenters. The molecule has 1 fully saturated rings. The Labute approximate surface area is 73.2 Å². The zero-order valence-corrected chi connectivity index (χ0v) is 7.55. The average Bonchev–Trinajstić information content (AvgIpc) is 2.51. The van der Waals surface area contributed by atoms with Crippen LogP contribution in [0.25, 0.3) is 0 Å². The van der Waals surface area contributed by atoms with E-state index in [1.165, 1.54) is 0 Å². The van der Waals surface area contributed by atoms with Crippen LogP contribution in [0.5, 0.6) is 0 Å². The fourth-order valence-electron chi connectivity index (χ4n) is 1.95. The molecule has 2 unspecified atom stereocenters. The normalized spacial score (nSPS) is 25.6. The Morgan fingerprint density at radius 1 is 1.75 bits per heavy atom. The molecule has 12 heavy (non-hydrogen) atoms. The molecule has 3 nitrogen and oxygen atoms in total. The first-order valence-electron chi connectivity index (χ1n) is 4.66. The highest BCUT2D eigenvalue weighted by Gasteiger charge is 2.24. The number of carboxylic acid groups (broad SMARTS) is 1. The predicted octanol–water partition coefficient (Wildman–Crippen LogP) is 1.10. The average molecular weight is 171 g/mol. The zero-order chi connectivity index (χ0) is 8.97. The van der Waals surface area contributed by atoms with E-state index in [1.54, 1.807) is 0 Å². The molecule has 1 heterocycles. The Morgan fingerprint density at radius 2 is 2.50 bits per heavy atom. The van der Waals surface area contributed by atoms with Gasteiger partial charge in [-0.25, -0.2) is 0 Å². The van der Waals surface area contributed by atoms with Gasteiger partial charge in [-0.2, -0.15) is 0 Å². The minimum Gasteiger partial charge on any atom is -0.481 e. The Balaban J connectivity index is 2.37. The van der Waals surface area contributed by atoms with Gasteiger partial charge in [0.15, 0.2) is 0 Å². The van der Waals surface area contributed by atoms with Crippen LogP contribution in [0.15, 0.2) is 0 Å². The fraction of sp³-hybridized carbons (Fsp3) is 0.889. The lowest BCUT2D eigenvalue weighted by molar-refractivity contribution is -0.138. The highest BCUT2D eigenvalue weighted by molar-refractivity contribution is 5.67. The summed E-state index contributed by atoms with van der Waals surface area (Å²) in [7, 11) is 0. The molecule has 0 aromatic carbocycles. The van der Waals surface area contributed by atoms with E-state index in [4.69, 9.17) is 5.11 Å². The van der Waals surface area contributed by atoms with Gasteiger partial charge < -0.3 is 10.4 Å². The van der Waals surface area contributed by atoms with Crippen molar-refractivity contribution in [3.8, 4) is 0 Å². The number of carboxylic acids is 1. The van der Waals surface area contributed by atoms with Crippen molar-refractivity contribution < 1.29 is 9.90 Å². The quantitative estimate of drug-likeness (QED) is 0.666. The maximum Gasteiger partial charge on any atom is 0.303 e. The molecule has 2 N–H and O–H groups in total. The van der Waals surface area contributed by atoms with Crippen molar-refractivity contribution in [1.29, 1.82) is 0 Å². The first-order chi connectivity index (χ1) is 5.74. The molecule has 0 aromatic rings. The standard InChI is InChI=1S/C9H17NO2/c1-2-7(5-9(11)12)8-3-4-10-6-8/h7-8,10H,2-6H2,1H3,(H,11,12). The number of carbonyl (C=O) groups is 1. The van der Waals surface area contributed by atoms with Crippen LogP contribution in [0.4, 0.5) is 0 Å². The van der Waals surface area contributed by atoms with E-state index in [0.717, 1.165) is 25.9 Å². The Hall–Kier alpha value is -0.570. The van der Waals surface area contributed by atoms with Crippen LogP contribution in [0.2, 0.25) is 0 Å². The molecular weight excluding hydrogens is 154 g/mol. The van der Waals surface area contributed by atoms with Gasteiger partial charge in [0.25, 0.3) is 0 Å². The summed E-state index contributed by atoms with van der Waals surface area (Å²) < 4.78 is 0. The number of rotatable bonds is 4. The van der Waals surface area contributed by atoms with Crippen molar-refractivity contribution in [2.45, 2.75) is 26.2 Å². The number of hydrogen-bond donors (Lipinski definition) is 2. The fourth-order valence-corrected chi connectivity index (χ4v) is 1.95. The molecule has 70 valence electrons. The van der Waals surface area contributed by atoms with Gasteiger partial charge in [-0.05, 0) is 31.3 Å². The summed E-state index contributed by atoms with van der Waals surface area (Å²) in [5, 5.41) is 11.9. The van der Waals surface area contributed by atoms with Crippen LogP contribution in [0.1, 0.15) is 26.2 Å². The van der Waals surface area contributed by atoms with E-state index in [-0.39, 0.29) is 0 Å². The molecule has 1 aliphatic rings.